The van der Waals surface area contributed by atoms with Crippen LogP contribution in [0.1, 0.15) is 36.4 Å². The molecule has 0 saturated carbocycles. The van der Waals surface area contributed by atoms with Crippen LogP contribution in [0.25, 0.3) is 0 Å². The van der Waals surface area contributed by atoms with E-state index < -0.39 is 0 Å². The standard InChI is InChI=1S/C12H19ClN2.ClH/c1-9-5-6-10(8-11(9)13)12(15)4-2-3-7-14;/h5-6,8,12H,2-4,7,14-15H2,1H3;1H/t12-;/m0./s1. The van der Waals surface area contributed by atoms with E-state index in [0.29, 0.717) is 0 Å². The summed E-state index contributed by atoms with van der Waals surface area (Å²) in [6.45, 7) is 2.73. The molecule has 0 amide bonds. The molecule has 0 aliphatic heterocycles. The summed E-state index contributed by atoms with van der Waals surface area (Å²) in [4.78, 5) is 0. The summed E-state index contributed by atoms with van der Waals surface area (Å²) >= 11 is 6.04. The maximum Gasteiger partial charge on any atom is 0.0438 e. The molecule has 92 valence electrons. The van der Waals surface area contributed by atoms with Gasteiger partial charge in [0, 0.05) is 11.1 Å². The van der Waals surface area contributed by atoms with Gasteiger partial charge in [-0.05, 0) is 43.5 Å². The molecular formula is C12H20Cl2N2. The van der Waals surface area contributed by atoms with Crippen molar-refractivity contribution in [1.29, 1.82) is 0 Å². The quantitative estimate of drug-likeness (QED) is 0.801. The Labute approximate surface area is 109 Å². The van der Waals surface area contributed by atoms with Gasteiger partial charge in [0.25, 0.3) is 0 Å². The predicted molar refractivity (Wildman–Crippen MR) is 73.3 cm³/mol. The van der Waals surface area contributed by atoms with E-state index in [1.807, 2.05) is 25.1 Å². The molecule has 0 fully saturated rings. The van der Waals surface area contributed by atoms with Gasteiger partial charge < -0.3 is 11.5 Å². The fourth-order valence-corrected chi connectivity index (χ4v) is 1.70. The van der Waals surface area contributed by atoms with Gasteiger partial charge >= 0.3 is 0 Å². The lowest BCUT2D eigenvalue weighted by Crippen LogP contribution is -2.11. The molecule has 16 heavy (non-hydrogen) atoms. The van der Waals surface area contributed by atoms with Crippen LogP contribution in [0, 0.1) is 6.92 Å². The van der Waals surface area contributed by atoms with Crippen LogP contribution in [-0.2, 0) is 0 Å². The Bertz CT molecular complexity index is 316. The zero-order chi connectivity index (χ0) is 11.3. The van der Waals surface area contributed by atoms with Crippen LogP contribution >= 0.6 is 24.0 Å². The Morgan fingerprint density at radius 3 is 2.56 bits per heavy atom. The molecule has 1 aromatic carbocycles. The van der Waals surface area contributed by atoms with Gasteiger partial charge in [-0.15, -0.1) is 12.4 Å². The average Bonchev–Trinajstić information content (AvgIpc) is 2.22. The van der Waals surface area contributed by atoms with Gasteiger partial charge in [-0.3, -0.25) is 0 Å². The summed E-state index contributed by atoms with van der Waals surface area (Å²) in [6, 6.07) is 6.10. The molecule has 0 heterocycles. The second-order valence-electron chi connectivity index (χ2n) is 3.90. The van der Waals surface area contributed by atoms with Crippen LogP contribution in [0.4, 0.5) is 0 Å². The summed E-state index contributed by atoms with van der Waals surface area (Å²) in [5.41, 5.74) is 13.7. The lowest BCUT2D eigenvalue weighted by molar-refractivity contribution is 0.591. The molecule has 0 radical (unpaired) electrons. The monoisotopic (exact) mass is 262 g/mol. The molecule has 2 nitrogen and oxygen atoms in total. The molecule has 0 unspecified atom stereocenters. The van der Waals surface area contributed by atoms with Gasteiger partial charge in [-0.2, -0.15) is 0 Å². The Morgan fingerprint density at radius 1 is 1.31 bits per heavy atom. The second-order valence-corrected chi connectivity index (χ2v) is 4.31. The number of hydrogen-bond donors (Lipinski definition) is 2. The fourth-order valence-electron chi connectivity index (χ4n) is 1.52. The first kappa shape index (κ1) is 15.7. The van der Waals surface area contributed by atoms with Gasteiger partial charge in [0.15, 0.2) is 0 Å². The van der Waals surface area contributed by atoms with Gasteiger partial charge in [-0.25, -0.2) is 0 Å². The number of unbranched alkanes of at least 4 members (excludes halogenated alkanes) is 1. The van der Waals surface area contributed by atoms with Crippen molar-refractivity contribution < 1.29 is 0 Å². The lowest BCUT2D eigenvalue weighted by atomic mass is 10.0. The molecular weight excluding hydrogens is 243 g/mol. The summed E-state index contributed by atoms with van der Waals surface area (Å²) in [5.74, 6) is 0. The van der Waals surface area contributed by atoms with E-state index in [1.165, 1.54) is 0 Å². The first-order valence-electron chi connectivity index (χ1n) is 5.37. The average molecular weight is 263 g/mol. The minimum atomic E-state index is 0. The molecule has 0 saturated heterocycles. The maximum atomic E-state index is 6.06. The van der Waals surface area contributed by atoms with Crippen molar-refractivity contribution in [2.75, 3.05) is 6.54 Å². The topological polar surface area (TPSA) is 52.0 Å². The van der Waals surface area contributed by atoms with Gasteiger partial charge in [0.1, 0.15) is 0 Å². The zero-order valence-corrected chi connectivity index (χ0v) is 11.2. The Morgan fingerprint density at radius 2 is 2.00 bits per heavy atom. The number of halogens is 2. The van der Waals surface area contributed by atoms with Crippen LogP contribution in [-0.4, -0.2) is 6.54 Å². The van der Waals surface area contributed by atoms with Crippen LogP contribution < -0.4 is 11.5 Å². The van der Waals surface area contributed by atoms with Crippen molar-refractivity contribution in [2.45, 2.75) is 32.2 Å². The Hall–Kier alpha value is -0.280. The van der Waals surface area contributed by atoms with Gasteiger partial charge in [0.05, 0.1) is 0 Å². The zero-order valence-electron chi connectivity index (χ0n) is 9.58. The molecule has 0 aromatic heterocycles. The van der Waals surface area contributed by atoms with Crippen LogP contribution in [0.3, 0.4) is 0 Å². The molecule has 4 heteroatoms. The molecule has 0 spiro atoms. The first-order chi connectivity index (χ1) is 7.15. The SMILES string of the molecule is Cc1ccc([C@@H](N)CCCCN)cc1Cl.Cl. The third-order valence-electron chi connectivity index (χ3n) is 2.59. The van der Waals surface area contributed by atoms with Crippen molar-refractivity contribution in [1.82, 2.24) is 0 Å². The van der Waals surface area contributed by atoms with Crippen molar-refractivity contribution >= 4 is 24.0 Å². The van der Waals surface area contributed by atoms with Crippen molar-refractivity contribution in [3.05, 3.63) is 34.3 Å². The van der Waals surface area contributed by atoms with E-state index >= 15 is 0 Å². The third-order valence-corrected chi connectivity index (χ3v) is 3.00. The van der Waals surface area contributed by atoms with Crippen molar-refractivity contribution in [3.63, 3.8) is 0 Å². The fraction of sp³-hybridized carbons (Fsp3) is 0.500. The van der Waals surface area contributed by atoms with E-state index in [-0.39, 0.29) is 18.4 Å². The van der Waals surface area contributed by atoms with E-state index in [4.69, 9.17) is 23.1 Å². The number of nitrogens with two attached hydrogens (primary N) is 2. The predicted octanol–water partition coefficient (Wildman–Crippen LogP) is 3.20. The molecule has 0 aliphatic carbocycles. The lowest BCUT2D eigenvalue weighted by Gasteiger charge is -2.12. The highest BCUT2D eigenvalue weighted by atomic mass is 35.5. The normalized spacial score (nSPS) is 12.0. The number of hydrogen-bond acceptors (Lipinski definition) is 2. The highest BCUT2D eigenvalue weighted by Gasteiger charge is 2.06. The first-order valence-corrected chi connectivity index (χ1v) is 5.74. The molecule has 1 atom stereocenters. The maximum absolute atomic E-state index is 6.06. The van der Waals surface area contributed by atoms with E-state index in [1.54, 1.807) is 0 Å². The Balaban J connectivity index is 0.00000225. The van der Waals surface area contributed by atoms with E-state index in [2.05, 4.69) is 0 Å². The van der Waals surface area contributed by atoms with Crippen LogP contribution in [0.15, 0.2) is 18.2 Å². The van der Waals surface area contributed by atoms with Gasteiger partial charge in [-0.1, -0.05) is 30.2 Å². The minimum Gasteiger partial charge on any atom is -0.330 e. The molecule has 1 aromatic rings. The number of aryl methyl sites for hydroxylation is 1. The van der Waals surface area contributed by atoms with Crippen LogP contribution in [0.2, 0.25) is 5.02 Å². The minimum absolute atomic E-state index is 0. The van der Waals surface area contributed by atoms with Crippen LogP contribution in [0.5, 0.6) is 0 Å². The van der Waals surface area contributed by atoms with E-state index in [0.717, 1.165) is 42.0 Å². The molecule has 4 N–H and O–H groups in total. The summed E-state index contributed by atoms with van der Waals surface area (Å²) in [6.07, 6.45) is 3.08. The molecule has 1 rings (SSSR count). The highest BCUT2D eigenvalue weighted by molar-refractivity contribution is 6.31. The van der Waals surface area contributed by atoms with Gasteiger partial charge in [0.2, 0.25) is 0 Å². The van der Waals surface area contributed by atoms with E-state index in [9.17, 15) is 0 Å². The third kappa shape index (κ3) is 4.71. The molecule has 0 aliphatic rings. The summed E-state index contributed by atoms with van der Waals surface area (Å²) < 4.78 is 0. The summed E-state index contributed by atoms with van der Waals surface area (Å²) in [7, 11) is 0. The molecule has 0 bridgehead atoms. The smallest absolute Gasteiger partial charge is 0.0438 e. The number of rotatable bonds is 5. The summed E-state index contributed by atoms with van der Waals surface area (Å²) in [5, 5.41) is 0.793. The van der Waals surface area contributed by atoms with Crippen molar-refractivity contribution in [2.24, 2.45) is 11.5 Å². The van der Waals surface area contributed by atoms with Crippen molar-refractivity contribution in [3.8, 4) is 0 Å². The second kappa shape index (κ2) is 7.91. The highest BCUT2D eigenvalue weighted by Crippen LogP contribution is 2.22. The number of benzene rings is 1. The Kier molecular flexibility index (Phi) is 7.77. The largest absolute Gasteiger partial charge is 0.330 e.